The molecule has 21 heavy (non-hydrogen) atoms. The van der Waals surface area contributed by atoms with Crippen LogP contribution >= 0.6 is 0 Å². The predicted molar refractivity (Wildman–Crippen MR) is 67.0 cm³/mol. The molecule has 0 aliphatic carbocycles. The third-order valence-electron chi connectivity index (χ3n) is 2.80. The van der Waals surface area contributed by atoms with E-state index < -0.39 is 21.8 Å². The summed E-state index contributed by atoms with van der Waals surface area (Å²) in [6, 6.07) is 9.07. The fraction of sp³-hybridized carbons (Fsp3) is 0. The van der Waals surface area contributed by atoms with Crippen LogP contribution in [0.15, 0.2) is 58.3 Å². The van der Waals surface area contributed by atoms with Crippen LogP contribution in [-0.4, -0.2) is 20.4 Å². The minimum absolute atomic E-state index is 0.103. The van der Waals surface area contributed by atoms with Gasteiger partial charge < -0.3 is 19.8 Å². The zero-order chi connectivity index (χ0) is 15.6. The summed E-state index contributed by atoms with van der Waals surface area (Å²) in [5.74, 6) is -2.81. The van der Waals surface area contributed by atoms with Crippen molar-refractivity contribution < 1.29 is 28.2 Å². The molecule has 0 N–H and O–H groups in total. The molecule has 6 nitrogen and oxygen atoms in total. The van der Waals surface area contributed by atoms with Gasteiger partial charge >= 0.3 is 0 Å². The molecule has 2 aromatic carbocycles. The second kappa shape index (κ2) is 5.37. The van der Waals surface area contributed by atoms with Crippen LogP contribution in [0.3, 0.4) is 0 Å². The molecule has 108 valence electrons. The minimum atomic E-state index is -3.85. The fourth-order valence-electron chi connectivity index (χ4n) is 1.68. The Morgan fingerprint density at radius 3 is 1.19 bits per heavy atom. The third kappa shape index (κ3) is 2.92. The van der Waals surface area contributed by atoms with E-state index >= 15 is 0 Å². The number of carboxylic acid groups (broad SMARTS) is 2. The van der Waals surface area contributed by atoms with E-state index in [9.17, 15) is 28.2 Å². The molecule has 7 heteroatoms. The van der Waals surface area contributed by atoms with Crippen LogP contribution in [0.1, 0.15) is 20.7 Å². The molecular formula is C14H8O6S-2. The molecule has 0 bridgehead atoms. The van der Waals surface area contributed by atoms with Gasteiger partial charge in [-0.1, -0.05) is 24.3 Å². The highest BCUT2D eigenvalue weighted by molar-refractivity contribution is 7.91. The van der Waals surface area contributed by atoms with Crippen molar-refractivity contribution in [2.24, 2.45) is 0 Å². The molecule has 0 aromatic heterocycles. The highest BCUT2D eigenvalue weighted by Crippen LogP contribution is 2.21. The van der Waals surface area contributed by atoms with Gasteiger partial charge in [0.2, 0.25) is 9.84 Å². The maximum atomic E-state index is 12.3. The van der Waals surface area contributed by atoms with Crippen LogP contribution in [0.2, 0.25) is 0 Å². The van der Waals surface area contributed by atoms with Crippen LogP contribution in [-0.2, 0) is 9.84 Å². The van der Waals surface area contributed by atoms with Gasteiger partial charge in [-0.2, -0.15) is 0 Å². The SMILES string of the molecule is O=C([O-])c1ccc(S(=O)(=O)c2ccc(C(=O)[O-])cc2)cc1. The summed E-state index contributed by atoms with van der Waals surface area (Å²) in [6.45, 7) is 0. The van der Waals surface area contributed by atoms with E-state index in [1.54, 1.807) is 0 Å². The van der Waals surface area contributed by atoms with Gasteiger partial charge in [0.1, 0.15) is 0 Å². The third-order valence-corrected chi connectivity index (χ3v) is 4.59. The predicted octanol–water partition coefficient (Wildman–Crippen LogP) is -0.754. The molecule has 0 amide bonds. The molecule has 0 radical (unpaired) electrons. The maximum Gasteiger partial charge on any atom is 0.206 e. The van der Waals surface area contributed by atoms with Crippen LogP contribution < -0.4 is 10.2 Å². The second-order valence-corrected chi connectivity index (χ2v) is 6.08. The van der Waals surface area contributed by atoms with Gasteiger partial charge in [0.25, 0.3) is 0 Å². The molecule has 0 atom stereocenters. The van der Waals surface area contributed by atoms with Gasteiger partial charge in [-0.05, 0) is 35.4 Å². The van der Waals surface area contributed by atoms with Gasteiger partial charge in [0, 0.05) is 0 Å². The number of hydrogen-bond donors (Lipinski definition) is 0. The smallest absolute Gasteiger partial charge is 0.206 e. The highest BCUT2D eigenvalue weighted by Gasteiger charge is 2.17. The summed E-state index contributed by atoms with van der Waals surface area (Å²) in [6.07, 6.45) is 0. The van der Waals surface area contributed by atoms with Crippen LogP contribution in [0.25, 0.3) is 0 Å². The summed E-state index contributed by atoms with van der Waals surface area (Å²) in [5.41, 5.74) is -0.275. The molecule has 0 aliphatic rings. The summed E-state index contributed by atoms with van der Waals surface area (Å²) in [7, 11) is -3.85. The molecule has 2 aromatic rings. The first-order valence-corrected chi connectivity index (χ1v) is 7.18. The Labute approximate surface area is 120 Å². The Hall–Kier alpha value is -2.67. The topological polar surface area (TPSA) is 114 Å². The lowest BCUT2D eigenvalue weighted by Gasteiger charge is -2.08. The second-order valence-electron chi connectivity index (χ2n) is 4.13. The molecule has 0 heterocycles. The summed E-state index contributed by atoms with van der Waals surface area (Å²) >= 11 is 0. The van der Waals surface area contributed by atoms with E-state index in [4.69, 9.17) is 0 Å². The Balaban J connectivity index is 2.41. The van der Waals surface area contributed by atoms with Crippen molar-refractivity contribution in [3.63, 3.8) is 0 Å². The standard InChI is InChI=1S/C14H10O6S/c15-13(16)9-1-5-11(6-2-9)21(19,20)12-7-3-10(4-8-12)14(17)18/h1-8H,(H,15,16)(H,17,18)/p-2. The fourth-order valence-corrected chi connectivity index (χ4v) is 2.94. The number of hydrogen-bond acceptors (Lipinski definition) is 6. The molecule has 0 aliphatic heterocycles. The van der Waals surface area contributed by atoms with Gasteiger partial charge in [0.15, 0.2) is 0 Å². The van der Waals surface area contributed by atoms with Crippen LogP contribution in [0.5, 0.6) is 0 Å². The minimum Gasteiger partial charge on any atom is -0.545 e. The van der Waals surface area contributed by atoms with Crippen molar-refractivity contribution in [2.75, 3.05) is 0 Å². The Morgan fingerprint density at radius 2 is 0.952 bits per heavy atom. The van der Waals surface area contributed by atoms with Crippen LogP contribution in [0, 0.1) is 0 Å². The first-order valence-electron chi connectivity index (χ1n) is 5.70. The normalized spacial score (nSPS) is 11.0. The van der Waals surface area contributed by atoms with Crippen molar-refractivity contribution in [1.82, 2.24) is 0 Å². The summed E-state index contributed by atoms with van der Waals surface area (Å²) in [4.78, 5) is 21.0. The largest absolute Gasteiger partial charge is 0.545 e. The maximum absolute atomic E-state index is 12.3. The van der Waals surface area contributed by atoms with Crippen molar-refractivity contribution in [3.05, 3.63) is 59.7 Å². The number of carbonyl (C=O) groups excluding carboxylic acids is 2. The monoisotopic (exact) mass is 304 g/mol. The number of aromatic carboxylic acids is 2. The number of sulfone groups is 1. The molecule has 0 fully saturated rings. The van der Waals surface area contributed by atoms with Gasteiger partial charge in [0.05, 0.1) is 21.7 Å². The van der Waals surface area contributed by atoms with Crippen molar-refractivity contribution in [2.45, 2.75) is 9.79 Å². The van der Waals surface area contributed by atoms with Gasteiger partial charge in [-0.3, -0.25) is 0 Å². The molecule has 2 rings (SSSR count). The van der Waals surface area contributed by atoms with E-state index in [1.165, 1.54) is 0 Å². The first kappa shape index (κ1) is 14.7. The lowest BCUT2D eigenvalue weighted by atomic mass is 10.2. The quantitative estimate of drug-likeness (QED) is 0.734. The Kier molecular flexibility index (Phi) is 3.77. The van der Waals surface area contributed by atoms with Gasteiger partial charge in [-0.25, -0.2) is 8.42 Å². The molecule has 0 spiro atoms. The number of benzene rings is 2. The Morgan fingerprint density at radius 1 is 0.667 bits per heavy atom. The molecule has 0 unspecified atom stereocenters. The van der Waals surface area contributed by atoms with Crippen molar-refractivity contribution in [3.8, 4) is 0 Å². The average molecular weight is 304 g/mol. The van der Waals surface area contributed by atoms with E-state index in [2.05, 4.69) is 0 Å². The molecular weight excluding hydrogens is 296 g/mol. The highest BCUT2D eigenvalue weighted by atomic mass is 32.2. The Bertz CT molecular complexity index is 725. The number of carboxylic acids is 2. The van der Waals surface area contributed by atoms with Crippen molar-refractivity contribution in [1.29, 1.82) is 0 Å². The average Bonchev–Trinajstić information content (AvgIpc) is 2.47. The van der Waals surface area contributed by atoms with Crippen molar-refractivity contribution >= 4 is 21.8 Å². The molecule has 0 saturated heterocycles. The van der Waals surface area contributed by atoms with Crippen LogP contribution in [0.4, 0.5) is 0 Å². The zero-order valence-electron chi connectivity index (χ0n) is 10.5. The zero-order valence-corrected chi connectivity index (χ0v) is 11.3. The lowest BCUT2D eigenvalue weighted by Crippen LogP contribution is -2.22. The lowest BCUT2D eigenvalue weighted by molar-refractivity contribution is -0.256. The van der Waals surface area contributed by atoms with E-state index in [0.717, 1.165) is 48.5 Å². The van der Waals surface area contributed by atoms with Gasteiger partial charge in [-0.15, -0.1) is 0 Å². The molecule has 0 saturated carbocycles. The number of carbonyl (C=O) groups is 2. The summed E-state index contributed by atoms with van der Waals surface area (Å²) in [5, 5.41) is 21.2. The van der Waals surface area contributed by atoms with E-state index in [0.29, 0.717) is 0 Å². The van der Waals surface area contributed by atoms with E-state index in [1.807, 2.05) is 0 Å². The first-order chi connectivity index (χ1) is 9.82. The summed E-state index contributed by atoms with van der Waals surface area (Å²) < 4.78 is 24.5. The van der Waals surface area contributed by atoms with E-state index in [-0.39, 0.29) is 20.9 Å². The number of rotatable bonds is 4.